The number of rotatable bonds is 1. The highest BCUT2D eigenvalue weighted by molar-refractivity contribution is 5.78. The van der Waals surface area contributed by atoms with Crippen LogP contribution in [0.5, 0.6) is 0 Å². The molecule has 2 rings (SSSR count). The second kappa shape index (κ2) is 3.70. The van der Waals surface area contributed by atoms with Gasteiger partial charge in [0, 0.05) is 18.1 Å². The van der Waals surface area contributed by atoms with Crippen LogP contribution in [0.2, 0.25) is 0 Å². The Morgan fingerprint density at radius 1 is 1.50 bits per heavy atom. The van der Waals surface area contributed by atoms with Crippen molar-refractivity contribution in [1.82, 2.24) is 5.32 Å². The van der Waals surface area contributed by atoms with Crippen LogP contribution in [-0.4, -0.2) is 29.7 Å². The smallest absolute Gasteiger partial charge is 0.311 e. The van der Waals surface area contributed by atoms with Crippen LogP contribution in [0.25, 0.3) is 0 Å². The van der Waals surface area contributed by atoms with Gasteiger partial charge in [-0.1, -0.05) is 0 Å². The quantitative estimate of drug-likeness (QED) is 0.649. The Balaban J connectivity index is 1.88. The number of esters is 1. The molecular formula is C12H22N2O2. The van der Waals surface area contributed by atoms with E-state index in [2.05, 4.69) is 5.32 Å². The van der Waals surface area contributed by atoms with Crippen molar-refractivity contribution in [3.63, 3.8) is 0 Å². The number of carbonyl (C=O) groups is 1. The summed E-state index contributed by atoms with van der Waals surface area (Å²) in [4.78, 5) is 11.9. The predicted molar refractivity (Wildman–Crippen MR) is 61.9 cm³/mol. The van der Waals surface area contributed by atoms with E-state index in [0.717, 1.165) is 25.8 Å². The highest BCUT2D eigenvalue weighted by Gasteiger charge is 2.60. The summed E-state index contributed by atoms with van der Waals surface area (Å²) in [7, 11) is 0. The zero-order valence-corrected chi connectivity index (χ0v) is 10.4. The minimum Gasteiger partial charge on any atom is -0.460 e. The molecule has 1 aliphatic heterocycles. The van der Waals surface area contributed by atoms with Gasteiger partial charge in [-0.2, -0.15) is 0 Å². The predicted octanol–water partition coefficient (Wildman–Crippen LogP) is 0.798. The van der Waals surface area contributed by atoms with E-state index in [9.17, 15) is 4.79 Å². The molecule has 1 aliphatic carbocycles. The molecule has 0 bridgehead atoms. The molecule has 3 unspecified atom stereocenters. The van der Waals surface area contributed by atoms with Gasteiger partial charge in [0.2, 0.25) is 0 Å². The van der Waals surface area contributed by atoms with Crippen LogP contribution in [0.1, 0.15) is 40.0 Å². The number of nitrogens with one attached hydrogen (secondary N) is 1. The summed E-state index contributed by atoms with van der Waals surface area (Å²) in [6.45, 7) is 6.54. The molecule has 0 aromatic heterocycles. The number of ether oxygens (including phenoxy) is 1. The molecule has 0 amide bonds. The summed E-state index contributed by atoms with van der Waals surface area (Å²) in [5, 5.41) is 3.41. The maximum absolute atomic E-state index is 11.9. The summed E-state index contributed by atoms with van der Waals surface area (Å²) in [5.41, 5.74) is 5.46. The first-order valence-electron chi connectivity index (χ1n) is 6.06. The molecule has 92 valence electrons. The minimum absolute atomic E-state index is 0.0121. The van der Waals surface area contributed by atoms with Crippen LogP contribution in [0.4, 0.5) is 0 Å². The number of piperidine rings is 1. The number of hydrogen-bond acceptors (Lipinski definition) is 4. The van der Waals surface area contributed by atoms with Gasteiger partial charge in [-0.3, -0.25) is 4.79 Å². The monoisotopic (exact) mass is 226 g/mol. The molecule has 0 aromatic carbocycles. The van der Waals surface area contributed by atoms with Crippen molar-refractivity contribution in [2.45, 2.75) is 57.2 Å². The molecule has 4 nitrogen and oxygen atoms in total. The summed E-state index contributed by atoms with van der Waals surface area (Å²) in [6.07, 6.45) is 2.92. The molecule has 0 aromatic rings. The first-order chi connectivity index (χ1) is 7.32. The van der Waals surface area contributed by atoms with Gasteiger partial charge in [0.05, 0.1) is 5.92 Å². The lowest BCUT2D eigenvalue weighted by Gasteiger charge is -2.29. The molecular weight excluding hydrogens is 204 g/mol. The third kappa shape index (κ3) is 2.38. The molecule has 1 saturated carbocycles. The van der Waals surface area contributed by atoms with Crippen LogP contribution >= 0.6 is 0 Å². The van der Waals surface area contributed by atoms with Crippen LogP contribution < -0.4 is 11.1 Å². The minimum atomic E-state index is -0.383. The number of nitrogens with two attached hydrogens (primary N) is 1. The Morgan fingerprint density at radius 2 is 2.19 bits per heavy atom. The van der Waals surface area contributed by atoms with Gasteiger partial charge in [-0.15, -0.1) is 0 Å². The average Bonchev–Trinajstić information content (AvgIpc) is 2.83. The van der Waals surface area contributed by atoms with E-state index in [0.29, 0.717) is 0 Å². The van der Waals surface area contributed by atoms with Gasteiger partial charge in [0.1, 0.15) is 5.60 Å². The third-order valence-corrected chi connectivity index (χ3v) is 3.44. The zero-order valence-electron chi connectivity index (χ0n) is 10.4. The largest absolute Gasteiger partial charge is 0.460 e. The second-order valence-corrected chi connectivity index (χ2v) is 6.13. The van der Waals surface area contributed by atoms with E-state index in [1.165, 1.54) is 0 Å². The lowest BCUT2D eigenvalue weighted by molar-refractivity contribution is -0.157. The van der Waals surface area contributed by atoms with Gasteiger partial charge in [-0.05, 0) is 40.0 Å². The van der Waals surface area contributed by atoms with E-state index in [-0.39, 0.29) is 29.1 Å². The lowest BCUT2D eigenvalue weighted by atomic mass is 9.97. The topological polar surface area (TPSA) is 64.3 Å². The van der Waals surface area contributed by atoms with E-state index >= 15 is 0 Å². The first kappa shape index (κ1) is 11.9. The highest BCUT2D eigenvalue weighted by atomic mass is 16.6. The Kier molecular flexibility index (Phi) is 2.75. The van der Waals surface area contributed by atoms with Gasteiger partial charge < -0.3 is 15.8 Å². The van der Waals surface area contributed by atoms with E-state index in [1.54, 1.807) is 0 Å². The van der Waals surface area contributed by atoms with Crippen LogP contribution in [0.15, 0.2) is 0 Å². The fourth-order valence-corrected chi connectivity index (χ4v) is 2.43. The van der Waals surface area contributed by atoms with E-state index in [4.69, 9.17) is 10.5 Å². The van der Waals surface area contributed by atoms with Crippen LogP contribution in [0, 0.1) is 5.92 Å². The Morgan fingerprint density at radius 3 is 2.69 bits per heavy atom. The van der Waals surface area contributed by atoms with E-state index in [1.807, 2.05) is 20.8 Å². The number of carbonyl (C=O) groups excluding carboxylic acids is 1. The fourth-order valence-electron chi connectivity index (χ4n) is 2.43. The van der Waals surface area contributed by atoms with Gasteiger partial charge >= 0.3 is 5.97 Å². The van der Waals surface area contributed by atoms with Crippen molar-refractivity contribution >= 4 is 5.97 Å². The molecule has 4 heteroatoms. The Labute approximate surface area is 96.9 Å². The van der Waals surface area contributed by atoms with Crippen molar-refractivity contribution in [1.29, 1.82) is 0 Å². The summed E-state index contributed by atoms with van der Waals surface area (Å²) >= 11 is 0. The standard InChI is InChI=1S/C12H22N2O2/c1-11(2,3)16-10(15)9-6-12(9)5-4-8(13)7-14-12/h8-9,14H,4-7,13H2,1-3H3. The summed E-state index contributed by atoms with van der Waals surface area (Å²) < 4.78 is 5.41. The van der Waals surface area contributed by atoms with Crippen molar-refractivity contribution in [2.24, 2.45) is 11.7 Å². The SMILES string of the molecule is CC(C)(C)OC(=O)C1CC12CCC(N)CN2. The van der Waals surface area contributed by atoms with Crippen molar-refractivity contribution in [3.05, 3.63) is 0 Å². The molecule has 3 N–H and O–H groups in total. The van der Waals surface area contributed by atoms with Crippen molar-refractivity contribution in [2.75, 3.05) is 6.54 Å². The Hall–Kier alpha value is -0.610. The lowest BCUT2D eigenvalue weighted by Crippen LogP contribution is -2.49. The molecule has 16 heavy (non-hydrogen) atoms. The van der Waals surface area contributed by atoms with Crippen molar-refractivity contribution in [3.8, 4) is 0 Å². The van der Waals surface area contributed by atoms with Gasteiger partial charge in [-0.25, -0.2) is 0 Å². The van der Waals surface area contributed by atoms with E-state index < -0.39 is 0 Å². The zero-order chi connectivity index (χ0) is 12.0. The molecule has 3 atom stereocenters. The molecule has 2 fully saturated rings. The average molecular weight is 226 g/mol. The van der Waals surface area contributed by atoms with Gasteiger partial charge in [0.15, 0.2) is 0 Å². The second-order valence-electron chi connectivity index (χ2n) is 6.13. The maximum atomic E-state index is 11.9. The molecule has 1 spiro atoms. The fraction of sp³-hybridized carbons (Fsp3) is 0.917. The molecule has 1 heterocycles. The highest BCUT2D eigenvalue weighted by Crippen LogP contribution is 2.49. The Bertz CT molecular complexity index is 288. The summed E-state index contributed by atoms with van der Waals surface area (Å²) in [5.74, 6) is -0.0188. The third-order valence-electron chi connectivity index (χ3n) is 3.44. The molecule has 0 radical (unpaired) electrons. The van der Waals surface area contributed by atoms with Gasteiger partial charge in [0.25, 0.3) is 0 Å². The maximum Gasteiger partial charge on any atom is 0.311 e. The molecule has 1 saturated heterocycles. The summed E-state index contributed by atoms with van der Waals surface area (Å²) in [6, 6.07) is 0.241. The van der Waals surface area contributed by atoms with Crippen LogP contribution in [-0.2, 0) is 9.53 Å². The number of hydrogen-bond donors (Lipinski definition) is 2. The van der Waals surface area contributed by atoms with Crippen LogP contribution in [0.3, 0.4) is 0 Å². The first-order valence-corrected chi connectivity index (χ1v) is 6.06. The van der Waals surface area contributed by atoms with Crippen molar-refractivity contribution < 1.29 is 9.53 Å². The normalized spacial score (nSPS) is 38.5. The molecule has 2 aliphatic rings.